The highest BCUT2D eigenvalue weighted by molar-refractivity contribution is 6.30. The van der Waals surface area contributed by atoms with E-state index in [1.807, 2.05) is 24.3 Å². The smallest absolute Gasteiger partial charge is 0.255 e. The molecule has 1 saturated carbocycles. The molecule has 0 bridgehead atoms. The van der Waals surface area contributed by atoms with Gasteiger partial charge in [-0.25, -0.2) is 15.0 Å². The molecule has 1 fully saturated rings. The molecule has 2 N–H and O–H groups in total. The molecule has 3 aromatic rings. The highest BCUT2D eigenvalue weighted by Crippen LogP contribution is 2.36. The summed E-state index contributed by atoms with van der Waals surface area (Å²) in [4.78, 5) is 40.9. The first-order valence-corrected chi connectivity index (χ1v) is 10.8. The summed E-state index contributed by atoms with van der Waals surface area (Å²) in [5, 5.41) is 3.82. The zero-order valence-electron chi connectivity index (χ0n) is 17.3. The monoisotopic (exact) mass is 437 g/mol. The van der Waals surface area contributed by atoms with Crippen molar-refractivity contribution in [1.29, 1.82) is 0 Å². The number of benzene rings is 1. The molecule has 1 atom stereocenters. The first-order chi connectivity index (χ1) is 15.0. The van der Waals surface area contributed by atoms with Crippen LogP contribution in [0.2, 0.25) is 5.02 Å². The van der Waals surface area contributed by atoms with Crippen molar-refractivity contribution >= 4 is 17.5 Å². The van der Waals surface area contributed by atoms with Gasteiger partial charge in [0.2, 0.25) is 5.91 Å². The largest absolute Gasteiger partial charge is 0.349 e. The molecule has 0 saturated heterocycles. The van der Waals surface area contributed by atoms with Gasteiger partial charge in [-0.3, -0.25) is 9.59 Å². The molecule has 0 radical (unpaired) electrons. The first-order valence-electron chi connectivity index (χ1n) is 10.4. The minimum absolute atomic E-state index is 0.0408. The van der Waals surface area contributed by atoms with Gasteiger partial charge in [-0.05, 0) is 49.4 Å². The molecular formula is C23H24ClN5O2. The van der Waals surface area contributed by atoms with Crippen LogP contribution in [0.4, 0.5) is 0 Å². The van der Waals surface area contributed by atoms with E-state index in [9.17, 15) is 9.59 Å². The van der Waals surface area contributed by atoms with E-state index >= 15 is 0 Å². The van der Waals surface area contributed by atoms with E-state index in [0.29, 0.717) is 28.0 Å². The molecule has 1 aliphatic rings. The quantitative estimate of drug-likeness (QED) is 0.611. The van der Waals surface area contributed by atoms with Crippen molar-refractivity contribution in [3.8, 4) is 11.6 Å². The Morgan fingerprint density at radius 1 is 1.19 bits per heavy atom. The third-order valence-electron chi connectivity index (χ3n) is 5.75. The number of hydrogen-bond acceptors (Lipinski definition) is 5. The molecule has 2 aromatic heterocycles. The second-order valence-electron chi connectivity index (χ2n) is 7.87. The number of halogens is 1. The molecule has 1 amide bonds. The van der Waals surface area contributed by atoms with E-state index in [4.69, 9.17) is 11.6 Å². The summed E-state index contributed by atoms with van der Waals surface area (Å²) in [5.74, 6) is 0.797. The SMILES string of the molecule is Cc1nc(-c2ncccn2)[nH]c(=O)c1CC(=O)NC(c1ccc(Cl)cc1)C1CCCC1. The van der Waals surface area contributed by atoms with Crippen LogP contribution in [0.1, 0.15) is 48.5 Å². The zero-order chi connectivity index (χ0) is 21.8. The third-order valence-corrected chi connectivity index (χ3v) is 6.01. The summed E-state index contributed by atoms with van der Waals surface area (Å²) in [6.07, 6.45) is 7.59. The number of nitrogens with one attached hydrogen (secondary N) is 2. The van der Waals surface area contributed by atoms with Crippen molar-refractivity contribution in [3.05, 3.63) is 74.9 Å². The lowest BCUT2D eigenvalue weighted by atomic mass is 9.91. The topological polar surface area (TPSA) is 101 Å². The average molecular weight is 438 g/mol. The molecule has 4 rings (SSSR count). The maximum absolute atomic E-state index is 12.9. The molecule has 1 aromatic carbocycles. The number of carbonyl (C=O) groups excluding carboxylic acids is 1. The van der Waals surface area contributed by atoms with Crippen molar-refractivity contribution < 1.29 is 4.79 Å². The minimum Gasteiger partial charge on any atom is -0.349 e. The van der Waals surface area contributed by atoms with Crippen LogP contribution >= 0.6 is 11.6 Å². The van der Waals surface area contributed by atoms with Gasteiger partial charge >= 0.3 is 0 Å². The summed E-state index contributed by atoms with van der Waals surface area (Å²) in [6, 6.07) is 9.19. The molecule has 0 aliphatic heterocycles. The first kappa shape index (κ1) is 21.2. The third kappa shape index (κ3) is 4.99. The number of amides is 1. The van der Waals surface area contributed by atoms with Crippen LogP contribution in [-0.2, 0) is 11.2 Å². The number of rotatable bonds is 6. The lowest BCUT2D eigenvalue weighted by Crippen LogP contribution is -2.35. The Morgan fingerprint density at radius 3 is 2.52 bits per heavy atom. The van der Waals surface area contributed by atoms with Gasteiger partial charge in [-0.1, -0.05) is 36.6 Å². The van der Waals surface area contributed by atoms with Gasteiger partial charge in [0.1, 0.15) is 0 Å². The molecule has 8 heteroatoms. The van der Waals surface area contributed by atoms with Gasteiger partial charge in [0.25, 0.3) is 5.56 Å². The summed E-state index contributed by atoms with van der Waals surface area (Å²) >= 11 is 6.04. The fourth-order valence-corrected chi connectivity index (χ4v) is 4.29. The van der Waals surface area contributed by atoms with Crippen LogP contribution < -0.4 is 10.9 Å². The van der Waals surface area contributed by atoms with Crippen molar-refractivity contribution in [2.24, 2.45) is 5.92 Å². The van der Waals surface area contributed by atoms with E-state index in [1.165, 1.54) is 0 Å². The summed E-state index contributed by atoms with van der Waals surface area (Å²) < 4.78 is 0. The predicted molar refractivity (Wildman–Crippen MR) is 119 cm³/mol. The van der Waals surface area contributed by atoms with Gasteiger partial charge in [-0.15, -0.1) is 0 Å². The van der Waals surface area contributed by atoms with Gasteiger partial charge in [0.05, 0.1) is 12.5 Å². The number of nitrogens with zero attached hydrogens (tertiary/aromatic N) is 3. The van der Waals surface area contributed by atoms with Gasteiger partial charge in [0.15, 0.2) is 11.6 Å². The summed E-state index contributed by atoms with van der Waals surface area (Å²) in [6.45, 7) is 1.72. The van der Waals surface area contributed by atoms with E-state index < -0.39 is 0 Å². The second kappa shape index (κ2) is 9.39. The average Bonchev–Trinajstić information content (AvgIpc) is 3.30. The van der Waals surface area contributed by atoms with Crippen LogP contribution in [0, 0.1) is 12.8 Å². The van der Waals surface area contributed by atoms with Crippen molar-refractivity contribution in [2.45, 2.75) is 45.1 Å². The molecule has 160 valence electrons. The summed E-state index contributed by atoms with van der Waals surface area (Å²) in [7, 11) is 0. The maximum Gasteiger partial charge on any atom is 0.255 e. The molecule has 2 heterocycles. The Bertz CT molecular complexity index is 1110. The van der Waals surface area contributed by atoms with E-state index in [0.717, 1.165) is 31.2 Å². The fourth-order valence-electron chi connectivity index (χ4n) is 4.17. The van der Waals surface area contributed by atoms with E-state index in [-0.39, 0.29) is 29.8 Å². The molecule has 31 heavy (non-hydrogen) atoms. The predicted octanol–water partition coefficient (Wildman–Crippen LogP) is 3.78. The number of aromatic nitrogens is 4. The zero-order valence-corrected chi connectivity index (χ0v) is 18.0. The molecular weight excluding hydrogens is 414 g/mol. The standard InChI is InChI=1S/C23H24ClN5O2/c1-14-18(23(31)29-22(27-14)21-25-11-4-12-26-21)13-19(30)28-20(15-5-2-3-6-15)16-7-9-17(24)10-8-16/h4,7-12,15,20H,2-3,5-6,13H2,1H3,(H,28,30)(H,27,29,31). The second-order valence-corrected chi connectivity index (χ2v) is 8.31. The van der Waals surface area contributed by atoms with Gasteiger partial charge < -0.3 is 10.3 Å². The van der Waals surface area contributed by atoms with Crippen LogP contribution in [0.5, 0.6) is 0 Å². The van der Waals surface area contributed by atoms with E-state index in [2.05, 4.69) is 25.3 Å². The maximum atomic E-state index is 12.9. The van der Waals surface area contributed by atoms with Crippen LogP contribution in [0.3, 0.4) is 0 Å². The molecule has 0 spiro atoms. The highest BCUT2D eigenvalue weighted by Gasteiger charge is 2.28. The van der Waals surface area contributed by atoms with E-state index in [1.54, 1.807) is 25.4 Å². The lowest BCUT2D eigenvalue weighted by Gasteiger charge is -2.25. The van der Waals surface area contributed by atoms with Crippen molar-refractivity contribution in [3.63, 3.8) is 0 Å². The molecule has 1 aliphatic carbocycles. The minimum atomic E-state index is -0.353. The number of H-pyrrole nitrogens is 1. The van der Waals surface area contributed by atoms with Gasteiger partial charge in [0, 0.05) is 28.7 Å². The van der Waals surface area contributed by atoms with Crippen LogP contribution in [0.25, 0.3) is 11.6 Å². The normalized spacial score (nSPS) is 15.0. The number of carbonyl (C=O) groups is 1. The fraction of sp³-hybridized carbons (Fsp3) is 0.348. The van der Waals surface area contributed by atoms with Crippen LogP contribution in [-0.4, -0.2) is 25.8 Å². The Morgan fingerprint density at radius 2 is 1.87 bits per heavy atom. The number of aryl methyl sites for hydroxylation is 1. The lowest BCUT2D eigenvalue weighted by molar-refractivity contribution is -0.121. The van der Waals surface area contributed by atoms with Gasteiger partial charge in [-0.2, -0.15) is 0 Å². The van der Waals surface area contributed by atoms with Crippen molar-refractivity contribution in [1.82, 2.24) is 25.3 Å². The Labute approximate surface area is 185 Å². The Kier molecular flexibility index (Phi) is 6.42. The highest BCUT2D eigenvalue weighted by atomic mass is 35.5. The molecule has 1 unspecified atom stereocenters. The van der Waals surface area contributed by atoms with Crippen molar-refractivity contribution in [2.75, 3.05) is 0 Å². The van der Waals surface area contributed by atoms with Crippen LogP contribution in [0.15, 0.2) is 47.5 Å². The molecule has 7 nitrogen and oxygen atoms in total. The Hall–Kier alpha value is -3.06. The number of hydrogen-bond donors (Lipinski definition) is 2. The summed E-state index contributed by atoms with van der Waals surface area (Å²) in [5.41, 5.74) is 1.52. The Balaban J connectivity index is 1.54. The number of aromatic amines is 1.